The molecule has 2 aromatic carbocycles. The van der Waals surface area contributed by atoms with E-state index in [1.165, 1.54) is 11.1 Å². The van der Waals surface area contributed by atoms with Crippen LogP contribution in [0.4, 0.5) is 4.79 Å². The highest BCUT2D eigenvalue weighted by atomic mass is 16.5. The number of benzene rings is 2. The summed E-state index contributed by atoms with van der Waals surface area (Å²) in [5.74, 6) is -1.37. The zero-order valence-corrected chi connectivity index (χ0v) is 19.4. The van der Waals surface area contributed by atoms with E-state index in [1.807, 2.05) is 24.3 Å². The first-order valence-corrected chi connectivity index (χ1v) is 11.6. The minimum atomic E-state index is -0.827. The summed E-state index contributed by atoms with van der Waals surface area (Å²) in [4.78, 5) is 34.6. The molecule has 0 spiro atoms. The van der Waals surface area contributed by atoms with Gasteiger partial charge in [0.2, 0.25) is 5.91 Å². The Morgan fingerprint density at radius 2 is 1.59 bits per heavy atom. The third-order valence-corrected chi connectivity index (χ3v) is 5.89. The highest BCUT2D eigenvalue weighted by Gasteiger charge is 2.28. The van der Waals surface area contributed by atoms with E-state index in [-0.39, 0.29) is 44.6 Å². The van der Waals surface area contributed by atoms with Gasteiger partial charge in [-0.1, -0.05) is 55.5 Å². The van der Waals surface area contributed by atoms with Crippen LogP contribution in [-0.2, 0) is 19.1 Å². The maximum atomic E-state index is 12.1. The summed E-state index contributed by atoms with van der Waals surface area (Å²) >= 11 is 0. The smallest absolute Gasteiger partial charge is 0.407 e. The number of nitrogens with one attached hydrogen (secondary N) is 2. The Morgan fingerprint density at radius 3 is 2.24 bits per heavy atom. The zero-order chi connectivity index (χ0) is 24.3. The van der Waals surface area contributed by atoms with E-state index in [0.717, 1.165) is 11.1 Å². The second kappa shape index (κ2) is 12.7. The van der Waals surface area contributed by atoms with Crippen LogP contribution >= 0.6 is 0 Å². The largest absolute Gasteiger partial charge is 0.481 e. The summed E-state index contributed by atoms with van der Waals surface area (Å²) in [5, 5.41) is 14.2. The van der Waals surface area contributed by atoms with E-state index in [1.54, 1.807) is 6.92 Å². The molecule has 8 heteroatoms. The Balaban J connectivity index is 1.26. The van der Waals surface area contributed by atoms with Crippen molar-refractivity contribution in [3.63, 3.8) is 0 Å². The number of rotatable bonds is 13. The van der Waals surface area contributed by atoms with E-state index < -0.39 is 18.0 Å². The summed E-state index contributed by atoms with van der Waals surface area (Å²) in [5.41, 5.74) is 4.68. The Morgan fingerprint density at radius 1 is 0.941 bits per heavy atom. The zero-order valence-electron chi connectivity index (χ0n) is 19.4. The number of hydrogen-bond acceptors (Lipinski definition) is 5. The van der Waals surface area contributed by atoms with Crippen LogP contribution in [0.2, 0.25) is 0 Å². The molecule has 1 unspecified atom stereocenters. The molecule has 0 saturated heterocycles. The van der Waals surface area contributed by atoms with Gasteiger partial charge in [-0.2, -0.15) is 0 Å². The molecule has 0 heterocycles. The van der Waals surface area contributed by atoms with E-state index in [4.69, 9.17) is 14.6 Å². The van der Waals surface area contributed by atoms with Crippen LogP contribution in [-0.4, -0.2) is 56.0 Å². The van der Waals surface area contributed by atoms with Crippen LogP contribution in [0.5, 0.6) is 0 Å². The molecule has 182 valence electrons. The summed E-state index contributed by atoms with van der Waals surface area (Å²) < 4.78 is 10.9. The van der Waals surface area contributed by atoms with Gasteiger partial charge in [0.25, 0.3) is 0 Å². The number of ether oxygens (including phenoxy) is 2. The lowest BCUT2D eigenvalue weighted by molar-refractivity contribution is -0.141. The third-order valence-electron chi connectivity index (χ3n) is 5.89. The van der Waals surface area contributed by atoms with Gasteiger partial charge in [0.1, 0.15) is 6.61 Å². The summed E-state index contributed by atoms with van der Waals surface area (Å²) in [6, 6.07) is 16.3. The molecule has 1 atom stereocenters. The average Bonchev–Trinajstić information content (AvgIpc) is 3.16. The number of aliphatic carboxylic acids is 1. The number of alkyl carbamates (subject to hydrolysis) is 1. The van der Waals surface area contributed by atoms with E-state index in [9.17, 15) is 14.4 Å². The van der Waals surface area contributed by atoms with Gasteiger partial charge in [0.15, 0.2) is 0 Å². The lowest BCUT2D eigenvalue weighted by Crippen LogP contribution is -2.30. The third kappa shape index (κ3) is 7.05. The van der Waals surface area contributed by atoms with Gasteiger partial charge in [0, 0.05) is 25.4 Å². The first-order valence-electron chi connectivity index (χ1n) is 11.6. The molecule has 8 nitrogen and oxygen atoms in total. The van der Waals surface area contributed by atoms with Gasteiger partial charge >= 0.3 is 12.1 Å². The van der Waals surface area contributed by atoms with Crippen molar-refractivity contribution < 1.29 is 29.0 Å². The Kier molecular flexibility index (Phi) is 9.46. The molecule has 2 amide bonds. The normalized spacial score (nSPS) is 13.0. The first kappa shape index (κ1) is 25.2. The predicted molar refractivity (Wildman–Crippen MR) is 128 cm³/mol. The van der Waals surface area contributed by atoms with Crippen LogP contribution in [0.25, 0.3) is 11.1 Å². The molecule has 0 bridgehead atoms. The number of amides is 2. The highest BCUT2D eigenvalue weighted by Crippen LogP contribution is 2.44. The van der Waals surface area contributed by atoms with E-state index in [2.05, 4.69) is 34.9 Å². The SMILES string of the molecule is CC(CCCNC(=O)CCOCCNC(=O)OCC1c2ccccc2-c2ccccc21)C(=O)O. The van der Waals surface area contributed by atoms with Crippen LogP contribution in [0.1, 0.15) is 43.2 Å². The molecule has 1 aliphatic carbocycles. The van der Waals surface area contributed by atoms with Crippen LogP contribution < -0.4 is 10.6 Å². The fourth-order valence-electron chi connectivity index (χ4n) is 3.99. The van der Waals surface area contributed by atoms with Crippen molar-refractivity contribution in [2.24, 2.45) is 5.92 Å². The number of carboxylic acids is 1. The minimum absolute atomic E-state index is 0.0141. The fourth-order valence-corrected chi connectivity index (χ4v) is 3.99. The van der Waals surface area contributed by atoms with Crippen LogP contribution in [0.3, 0.4) is 0 Å². The molecule has 0 aromatic heterocycles. The molecule has 0 radical (unpaired) electrons. The van der Waals surface area contributed by atoms with Gasteiger partial charge < -0.3 is 25.2 Å². The number of hydrogen-bond donors (Lipinski definition) is 3. The number of carbonyl (C=O) groups excluding carboxylic acids is 2. The second-order valence-electron chi connectivity index (χ2n) is 8.35. The molecular weight excluding hydrogens is 436 g/mol. The number of fused-ring (bicyclic) bond motifs is 3. The minimum Gasteiger partial charge on any atom is -0.481 e. The van der Waals surface area contributed by atoms with Crippen LogP contribution in [0, 0.1) is 5.92 Å². The van der Waals surface area contributed by atoms with Gasteiger partial charge in [-0.3, -0.25) is 9.59 Å². The molecule has 1 aliphatic rings. The molecular formula is C26H32N2O6. The molecule has 3 N–H and O–H groups in total. The summed E-state index contributed by atoms with van der Waals surface area (Å²) in [7, 11) is 0. The maximum Gasteiger partial charge on any atom is 0.407 e. The summed E-state index contributed by atoms with van der Waals surface area (Å²) in [6.45, 7) is 3.14. The van der Waals surface area contributed by atoms with Gasteiger partial charge in [-0.05, 0) is 35.1 Å². The molecule has 34 heavy (non-hydrogen) atoms. The monoisotopic (exact) mass is 468 g/mol. The van der Waals surface area contributed by atoms with Crippen molar-refractivity contribution in [3.05, 3.63) is 59.7 Å². The Hall–Kier alpha value is -3.39. The molecule has 2 aromatic rings. The molecule has 3 rings (SSSR count). The Labute approximate surface area is 199 Å². The topological polar surface area (TPSA) is 114 Å². The maximum absolute atomic E-state index is 12.1. The van der Waals surface area contributed by atoms with E-state index >= 15 is 0 Å². The second-order valence-corrected chi connectivity index (χ2v) is 8.35. The summed E-state index contributed by atoms with van der Waals surface area (Å²) in [6.07, 6.45) is 0.843. The van der Waals surface area contributed by atoms with Crippen molar-refractivity contribution in [1.29, 1.82) is 0 Å². The standard InChI is InChI=1S/C26H32N2O6/c1-18(25(30)31)7-6-13-27-24(29)12-15-33-16-14-28-26(32)34-17-23-21-10-4-2-8-19(21)20-9-3-5-11-22(20)23/h2-5,8-11,18,23H,6-7,12-17H2,1H3,(H,27,29)(H,28,32)(H,30,31). The number of carboxylic acid groups (broad SMARTS) is 1. The van der Waals surface area contributed by atoms with Gasteiger partial charge in [-0.25, -0.2) is 4.79 Å². The van der Waals surface area contributed by atoms with Crippen molar-refractivity contribution in [1.82, 2.24) is 10.6 Å². The quantitative estimate of drug-likeness (QED) is 0.388. The highest BCUT2D eigenvalue weighted by molar-refractivity contribution is 5.79. The predicted octanol–water partition coefficient (Wildman–Crippen LogP) is 3.55. The first-order chi connectivity index (χ1) is 16.5. The molecule has 0 fully saturated rings. The lowest BCUT2D eigenvalue weighted by atomic mass is 9.98. The average molecular weight is 469 g/mol. The van der Waals surface area contributed by atoms with Crippen molar-refractivity contribution in [2.45, 2.75) is 32.1 Å². The van der Waals surface area contributed by atoms with Crippen molar-refractivity contribution in [3.8, 4) is 11.1 Å². The van der Waals surface area contributed by atoms with Crippen LogP contribution in [0.15, 0.2) is 48.5 Å². The van der Waals surface area contributed by atoms with Gasteiger partial charge in [-0.15, -0.1) is 0 Å². The van der Waals surface area contributed by atoms with E-state index in [0.29, 0.717) is 19.4 Å². The van der Waals surface area contributed by atoms with Crippen molar-refractivity contribution >= 4 is 18.0 Å². The number of carbonyl (C=O) groups is 3. The van der Waals surface area contributed by atoms with Crippen molar-refractivity contribution in [2.75, 3.05) is 32.9 Å². The molecule has 0 aliphatic heterocycles. The Bertz CT molecular complexity index is 947. The van der Waals surface area contributed by atoms with Gasteiger partial charge in [0.05, 0.1) is 19.1 Å². The lowest BCUT2D eigenvalue weighted by Gasteiger charge is -2.14. The molecule has 0 saturated carbocycles. The fraction of sp³-hybridized carbons (Fsp3) is 0.423.